The van der Waals surface area contributed by atoms with Crippen LogP contribution in [0.5, 0.6) is 0 Å². The molecule has 5 nitrogen and oxygen atoms in total. The molecule has 3 rings (SSSR count). The summed E-state index contributed by atoms with van der Waals surface area (Å²) in [4.78, 5) is 14.7. The number of amides is 1. The fraction of sp³-hybridized carbons (Fsp3) is 0.235. The summed E-state index contributed by atoms with van der Waals surface area (Å²) < 4.78 is 26.2. The number of carbonyl (C=O) groups is 1. The van der Waals surface area contributed by atoms with Crippen LogP contribution in [0.4, 0.5) is 5.69 Å². The van der Waals surface area contributed by atoms with Crippen molar-refractivity contribution in [2.45, 2.75) is 24.3 Å². The number of hydrogen-bond acceptors (Lipinski definition) is 3. The van der Waals surface area contributed by atoms with Gasteiger partial charge in [-0.05, 0) is 50.2 Å². The first kappa shape index (κ1) is 17.0. The molecule has 0 fully saturated rings. The van der Waals surface area contributed by atoms with Crippen molar-refractivity contribution in [3.8, 4) is 0 Å². The van der Waals surface area contributed by atoms with E-state index in [1.165, 1.54) is 25.2 Å². The number of benzene rings is 2. The lowest BCUT2D eigenvalue weighted by molar-refractivity contribution is 0.0981. The van der Waals surface area contributed by atoms with Crippen LogP contribution in [0.1, 0.15) is 22.8 Å². The molecule has 1 atom stereocenters. The van der Waals surface area contributed by atoms with Crippen molar-refractivity contribution >= 4 is 33.2 Å². The Morgan fingerprint density at radius 1 is 1.25 bits per heavy atom. The van der Waals surface area contributed by atoms with Gasteiger partial charge in [0.05, 0.1) is 15.5 Å². The minimum Gasteiger partial charge on any atom is -0.305 e. The van der Waals surface area contributed by atoms with Gasteiger partial charge < -0.3 is 4.90 Å². The molecule has 1 N–H and O–H groups in total. The summed E-state index contributed by atoms with van der Waals surface area (Å²) in [6.45, 7) is 1.96. The Labute approximate surface area is 146 Å². The zero-order valence-electron chi connectivity index (χ0n) is 13.3. The Kier molecular flexibility index (Phi) is 4.38. The average Bonchev–Trinajstić information content (AvgIpc) is 2.90. The van der Waals surface area contributed by atoms with E-state index in [-0.39, 0.29) is 27.4 Å². The van der Waals surface area contributed by atoms with E-state index in [0.717, 1.165) is 17.7 Å². The molecular weight excluding hydrogens is 348 g/mol. The number of fused-ring (bicyclic) bond motifs is 1. The minimum absolute atomic E-state index is 0.0119. The van der Waals surface area contributed by atoms with E-state index in [1.807, 2.05) is 31.2 Å². The summed E-state index contributed by atoms with van der Waals surface area (Å²) in [6.07, 6.45) is 0.758. The predicted molar refractivity (Wildman–Crippen MR) is 94.1 cm³/mol. The molecule has 0 aromatic heterocycles. The first-order valence-corrected chi connectivity index (χ1v) is 9.36. The van der Waals surface area contributed by atoms with E-state index >= 15 is 0 Å². The van der Waals surface area contributed by atoms with Gasteiger partial charge in [-0.1, -0.05) is 29.8 Å². The fourth-order valence-electron chi connectivity index (χ4n) is 2.96. The number of halogens is 1. The third-order valence-electron chi connectivity index (χ3n) is 4.17. The molecule has 1 aliphatic heterocycles. The van der Waals surface area contributed by atoms with Crippen molar-refractivity contribution in [1.82, 2.24) is 4.72 Å². The van der Waals surface area contributed by atoms with Crippen LogP contribution >= 0.6 is 11.6 Å². The molecule has 24 heavy (non-hydrogen) atoms. The summed E-state index contributed by atoms with van der Waals surface area (Å²) >= 11 is 6.17. The van der Waals surface area contributed by atoms with Crippen LogP contribution in [0.3, 0.4) is 0 Å². The molecule has 1 amide bonds. The number of carbonyl (C=O) groups excluding carboxylic acids is 1. The van der Waals surface area contributed by atoms with Gasteiger partial charge in [0.25, 0.3) is 5.91 Å². The van der Waals surface area contributed by atoms with Gasteiger partial charge in [-0.25, -0.2) is 13.1 Å². The Morgan fingerprint density at radius 2 is 1.96 bits per heavy atom. The van der Waals surface area contributed by atoms with Gasteiger partial charge in [0.2, 0.25) is 10.0 Å². The fourth-order valence-corrected chi connectivity index (χ4v) is 3.91. The summed E-state index contributed by atoms with van der Waals surface area (Å²) in [5.74, 6) is -0.300. The van der Waals surface area contributed by atoms with Crippen LogP contribution in [0.25, 0.3) is 0 Å². The molecular formula is C17H17ClN2O3S. The van der Waals surface area contributed by atoms with E-state index in [4.69, 9.17) is 11.6 Å². The number of nitrogens with one attached hydrogen (secondary N) is 1. The highest BCUT2D eigenvalue weighted by atomic mass is 35.5. The molecule has 0 spiro atoms. The molecule has 0 aliphatic carbocycles. The summed E-state index contributed by atoms with van der Waals surface area (Å²) in [5.41, 5.74) is 2.11. The van der Waals surface area contributed by atoms with Crippen LogP contribution in [-0.2, 0) is 16.4 Å². The lowest BCUT2D eigenvalue weighted by atomic mass is 10.1. The molecule has 0 saturated carbocycles. The lowest BCUT2D eigenvalue weighted by Gasteiger charge is -2.23. The van der Waals surface area contributed by atoms with Gasteiger partial charge in [0, 0.05) is 11.7 Å². The molecule has 126 valence electrons. The molecule has 2 aromatic carbocycles. The van der Waals surface area contributed by atoms with Crippen molar-refractivity contribution in [3.63, 3.8) is 0 Å². The number of sulfonamides is 1. The molecule has 1 heterocycles. The SMILES string of the molecule is CNS(=O)(=O)c1ccc(Cl)c(C(=O)N2c3ccccc3CC2C)c1. The number of anilines is 1. The number of nitrogens with zero attached hydrogens (tertiary/aromatic N) is 1. The van der Waals surface area contributed by atoms with Crippen LogP contribution in [0, 0.1) is 0 Å². The highest BCUT2D eigenvalue weighted by molar-refractivity contribution is 7.89. The van der Waals surface area contributed by atoms with E-state index in [2.05, 4.69) is 4.72 Å². The Morgan fingerprint density at radius 3 is 2.67 bits per heavy atom. The third-order valence-corrected chi connectivity index (χ3v) is 5.91. The van der Waals surface area contributed by atoms with Crippen molar-refractivity contribution in [2.24, 2.45) is 0 Å². The number of hydrogen-bond donors (Lipinski definition) is 1. The van der Waals surface area contributed by atoms with Crippen LogP contribution in [0.2, 0.25) is 5.02 Å². The van der Waals surface area contributed by atoms with Crippen molar-refractivity contribution in [2.75, 3.05) is 11.9 Å². The van der Waals surface area contributed by atoms with Crippen molar-refractivity contribution in [1.29, 1.82) is 0 Å². The van der Waals surface area contributed by atoms with Crippen molar-refractivity contribution < 1.29 is 13.2 Å². The van der Waals surface area contributed by atoms with Crippen LogP contribution < -0.4 is 9.62 Å². The number of para-hydroxylation sites is 1. The van der Waals surface area contributed by atoms with Gasteiger partial charge in [0.1, 0.15) is 0 Å². The predicted octanol–water partition coefficient (Wildman–Crippen LogP) is 2.84. The molecule has 0 radical (unpaired) electrons. The standard InChI is InChI=1S/C17H17ClN2O3S/c1-11-9-12-5-3-4-6-16(12)20(11)17(21)14-10-13(7-8-15(14)18)24(22,23)19-2/h3-8,10-11,19H,9H2,1-2H3. The van der Waals surface area contributed by atoms with E-state index in [9.17, 15) is 13.2 Å². The third kappa shape index (κ3) is 2.81. The topological polar surface area (TPSA) is 66.5 Å². The van der Waals surface area contributed by atoms with E-state index in [0.29, 0.717) is 0 Å². The van der Waals surface area contributed by atoms with Gasteiger partial charge in [-0.3, -0.25) is 4.79 Å². The Balaban J connectivity index is 2.07. The number of rotatable bonds is 3. The maximum absolute atomic E-state index is 13.0. The van der Waals surface area contributed by atoms with Gasteiger partial charge in [0.15, 0.2) is 0 Å². The molecule has 7 heteroatoms. The summed E-state index contributed by atoms with van der Waals surface area (Å²) in [7, 11) is -2.32. The minimum atomic E-state index is -3.65. The van der Waals surface area contributed by atoms with Gasteiger partial charge >= 0.3 is 0 Å². The zero-order valence-corrected chi connectivity index (χ0v) is 14.9. The lowest BCUT2D eigenvalue weighted by Crippen LogP contribution is -2.36. The monoisotopic (exact) mass is 364 g/mol. The average molecular weight is 365 g/mol. The van der Waals surface area contributed by atoms with Crippen LogP contribution in [0.15, 0.2) is 47.4 Å². The van der Waals surface area contributed by atoms with Crippen molar-refractivity contribution in [3.05, 3.63) is 58.6 Å². The summed E-state index contributed by atoms with van der Waals surface area (Å²) in [6, 6.07) is 11.8. The Bertz CT molecular complexity index is 912. The van der Waals surface area contributed by atoms with E-state index in [1.54, 1.807) is 4.90 Å². The molecule has 1 unspecified atom stereocenters. The summed E-state index contributed by atoms with van der Waals surface area (Å²) in [5, 5.41) is 0.228. The molecule has 0 bridgehead atoms. The molecule has 0 saturated heterocycles. The van der Waals surface area contributed by atoms with Gasteiger partial charge in [-0.15, -0.1) is 0 Å². The second kappa shape index (κ2) is 6.20. The maximum atomic E-state index is 13.0. The quantitative estimate of drug-likeness (QED) is 0.910. The highest BCUT2D eigenvalue weighted by Gasteiger charge is 2.32. The first-order valence-electron chi connectivity index (χ1n) is 7.49. The normalized spacial score (nSPS) is 17.0. The zero-order chi connectivity index (χ0) is 17.5. The second-order valence-electron chi connectivity index (χ2n) is 5.71. The maximum Gasteiger partial charge on any atom is 0.260 e. The largest absolute Gasteiger partial charge is 0.305 e. The second-order valence-corrected chi connectivity index (χ2v) is 8.00. The van der Waals surface area contributed by atoms with Crippen LogP contribution in [-0.4, -0.2) is 27.4 Å². The Hall–Kier alpha value is -1.89. The highest BCUT2D eigenvalue weighted by Crippen LogP contribution is 2.34. The molecule has 1 aliphatic rings. The smallest absolute Gasteiger partial charge is 0.260 e. The van der Waals surface area contributed by atoms with Gasteiger partial charge in [-0.2, -0.15) is 0 Å². The van der Waals surface area contributed by atoms with E-state index < -0.39 is 10.0 Å². The molecule has 2 aromatic rings. The first-order chi connectivity index (χ1) is 11.3.